The minimum atomic E-state index is 0.880. The Bertz CT molecular complexity index is 833. The molecule has 0 amide bonds. The van der Waals surface area contributed by atoms with Crippen LogP contribution in [0.25, 0.3) is 22.0 Å². The van der Waals surface area contributed by atoms with Crippen LogP contribution >= 0.6 is 0 Å². The topological polar surface area (TPSA) is 28.5 Å². The molecule has 0 saturated heterocycles. The second-order valence-corrected chi connectivity index (χ2v) is 5.53. The van der Waals surface area contributed by atoms with E-state index in [0.29, 0.717) is 0 Å². The van der Waals surface area contributed by atoms with Crippen molar-refractivity contribution in [2.24, 2.45) is 4.99 Å². The Morgan fingerprint density at radius 2 is 1.82 bits per heavy atom. The standard InChI is InChI=1S/C19H17N3/c1-3-7-17-15(5-1)9-10-21-19(17)18-8-4-2-6-16(18)13-22-12-11-20-14-22/h1-10,14H,11-13H2. The van der Waals surface area contributed by atoms with Crippen molar-refractivity contribution in [3.63, 3.8) is 0 Å². The number of nitrogens with zero attached hydrogens (tertiary/aromatic N) is 3. The lowest BCUT2D eigenvalue weighted by Gasteiger charge is -2.17. The molecule has 22 heavy (non-hydrogen) atoms. The molecular formula is C19H17N3. The molecule has 0 unspecified atom stereocenters. The lowest BCUT2D eigenvalue weighted by molar-refractivity contribution is 0.463. The van der Waals surface area contributed by atoms with Gasteiger partial charge in [-0.25, -0.2) is 0 Å². The fourth-order valence-electron chi connectivity index (χ4n) is 2.98. The smallest absolute Gasteiger partial charge is 0.0854 e. The normalized spacial score (nSPS) is 13.9. The zero-order valence-electron chi connectivity index (χ0n) is 12.3. The van der Waals surface area contributed by atoms with E-state index < -0.39 is 0 Å². The molecule has 3 heteroatoms. The van der Waals surface area contributed by atoms with Crippen LogP contribution in [0.2, 0.25) is 0 Å². The molecular weight excluding hydrogens is 270 g/mol. The van der Waals surface area contributed by atoms with Crippen molar-refractivity contribution in [2.75, 3.05) is 13.1 Å². The van der Waals surface area contributed by atoms with Gasteiger partial charge in [0.1, 0.15) is 0 Å². The van der Waals surface area contributed by atoms with Gasteiger partial charge in [0.05, 0.1) is 18.6 Å². The number of pyridine rings is 1. The van der Waals surface area contributed by atoms with Gasteiger partial charge in [-0.2, -0.15) is 0 Å². The number of hydrogen-bond acceptors (Lipinski definition) is 3. The monoisotopic (exact) mass is 287 g/mol. The molecule has 1 aliphatic heterocycles. The number of hydrogen-bond donors (Lipinski definition) is 0. The molecule has 0 radical (unpaired) electrons. The average molecular weight is 287 g/mol. The number of aromatic nitrogens is 1. The number of fused-ring (bicyclic) bond motifs is 1. The van der Waals surface area contributed by atoms with Crippen LogP contribution in [0.4, 0.5) is 0 Å². The van der Waals surface area contributed by atoms with E-state index >= 15 is 0 Å². The number of rotatable bonds is 3. The van der Waals surface area contributed by atoms with Crippen molar-refractivity contribution >= 4 is 17.1 Å². The highest BCUT2D eigenvalue weighted by Gasteiger charge is 2.12. The van der Waals surface area contributed by atoms with Gasteiger partial charge in [0, 0.05) is 30.2 Å². The van der Waals surface area contributed by atoms with Crippen LogP contribution in [0.15, 0.2) is 65.8 Å². The summed E-state index contributed by atoms with van der Waals surface area (Å²) in [6, 6.07) is 19.0. The van der Waals surface area contributed by atoms with E-state index in [0.717, 1.165) is 25.3 Å². The first-order chi connectivity index (χ1) is 10.9. The van der Waals surface area contributed by atoms with Crippen molar-refractivity contribution in [1.29, 1.82) is 0 Å². The summed E-state index contributed by atoms with van der Waals surface area (Å²) in [7, 11) is 0. The summed E-state index contributed by atoms with van der Waals surface area (Å²) < 4.78 is 0. The van der Waals surface area contributed by atoms with Crippen molar-refractivity contribution in [2.45, 2.75) is 6.54 Å². The predicted octanol–water partition coefficient (Wildman–Crippen LogP) is 3.75. The van der Waals surface area contributed by atoms with Gasteiger partial charge in [-0.05, 0) is 17.0 Å². The summed E-state index contributed by atoms with van der Waals surface area (Å²) >= 11 is 0. The number of benzene rings is 2. The summed E-state index contributed by atoms with van der Waals surface area (Å²) in [6.45, 7) is 2.77. The van der Waals surface area contributed by atoms with Crippen LogP contribution in [0.1, 0.15) is 5.56 Å². The fraction of sp³-hybridized carbons (Fsp3) is 0.158. The molecule has 0 spiro atoms. The van der Waals surface area contributed by atoms with Crippen LogP contribution in [-0.4, -0.2) is 29.3 Å². The summed E-state index contributed by atoms with van der Waals surface area (Å²) in [5.74, 6) is 0. The third kappa shape index (κ3) is 2.35. The Hall–Kier alpha value is -2.68. The van der Waals surface area contributed by atoms with Gasteiger partial charge in [-0.1, -0.05) is 48.5 Å². The third-order valence-electron chi connectivity index (χ3n) is 4.08. The van der Waals surface area contributed by atoms with Gasteiger partial charge < -0.3 is 4.90 Å². The Morgan fingerprint density at radius 1 is 0.955 bits per heavy atom. The largest absolute Gasteiger partial charge is 0.357 e. The van der Waals surface area contributed by atoms with Crippen LogP contribution in [0, 0.1) is 0 Å². The molecule has 0 fully saturated rings. The highest BCUT2D eigenvalue weighted by atomic mass is 15.2. The maximum absolute atomic E-state index is 4.66. The minimum Gasteiger partial charge on any atom is -0.357 e. The van der Waals surface area contributed by atoms with Crippen LogP contribution in [0.5, 0.6) is 0 Å². The Labute approximate surface area is 129 Å². The van der Waals surface area contributed by atoms with E-state index in [1.807, 2.05) is 12.5 Å². The first-order valence-corrected chi connectivity index (χ1v) is 7.58. The Morgan fingerprint density at radius 3 is 2.73 bits per heavy atom. The van der Waals surface area contributed by atoms with E-state index in [4.69, 9.17) is 0 Å². The second kappa shape index (κ2) is 5.60. The maximum atomic E-state index is 4.66. The zero-order valence-corrected chi connectivity index (χ0v) is 12.3. The van der Waals surface area contributed by atoms with E-state index in [1.54, 1.807) is 0 Å². The summed E-state index contributed by atoms with van der Waals surface area (Å²) in [5.41, 5.74) is 3.56. The summed E-state index contributed by atoms with van der Waals surface area (Å²) in [4.78, 5) is 11.2. The fourth-order valence-corrected chi connectivity index (χ4v) is 2.98. The molecule has 0 saturated carbocycles. The van der Waals surface area contributed by atoms with Gasteiger partial charge in [0.25, 0.3) is 0 Å². The van der Waals surface area contributed by atoms with Crippen molar-refractivity contribution in [3.8, 4) is 11.3 Å². The van der Waals surface area contributed by atoms with E-state index in [1.165, 1.54) is 21.9 Å². The van der Waals surface area contributed by atoms with Gasteiger partial charge in [0.15, 0.2) is 0 Å². The van der Waals surface area contributed by atoms with Gasteiger partial charge in [0.2, 0.25) is 0 Å². The quantitative estimate of drug-likeness (QED) is 0.734. The molecule has 108 valence electrons. The van der Waals surface area contributed by atoms with Crippen molar-refractivity contribution in [3.05, 3.63) is 66.4 Å². The molecule has 2 heterocycles. The van der Waals surface area contributed by atoms with Crippen molar-refractivity contribution in [1.82, 2.24) is 9.88 Å². The second-order valence-electron chi connectivity index (χ2n) is 5.53. The first kappa shape index (κ1) is 13.0. The highest BCUT2D eigenvalue weighted by Crippen LogP contribution is 2.29. The average Bonchev–Trinajstić information content (AvgIpc) is 3.08. The van der Waals surface area contributed by atoms with E-state index in [-0.39, 0.29) is 0 Å². The lowest BCUT2D eigenvalue weighted by atomic mass is 9.99. The molecule has 2 aromatic carbocycles. The summed E-state index contributed by atoms with van der Waals surface area (Å²) in [6.07, 6.45) is 3.85. The SMILES string of the molecule is C1=NCCN1Cc1ccccc1-c1nccc2ccccc12. The zero-order chi connectivity index (χ0) is 14.8. The molecule has 0 atom stereocenters. The molecule has 0 N–H and O–H groups in total. The molecule has 3 nitrogen and oxygen atoms in total. The van der Waals surface area contributed by atoms with Gasteiger partial charge in [-0.3, -0.25) is 9.98 Å². The van der Waals surface area contributed by atoms with E-state index in [2.05, 4.69) is 69.5 Å². The Kier molecular flexibility index (Phi) is 3.31. The minimum absolute atomic E-state index is 0.880. The Balaban J connectivity index is 1.82. The van der Waals surface area contributed by atoms with Crippen LogP contribution in [0.3, 0.4) is 0 Å². The van der Waals surface area contributed by atoms with Gasteiger partial charge in [-0.15, -0.1) is 0 Å². The molecule has 1 aliphatic rings. The van der Waals surface area contributed by atoms with Crippen molar-refractivity contribution < 1.29 is 0 Å². The van der Waals surface area contributed by atoms with Crippen LogP contribution < -0.4 is 0 Å². The third-order valence-corrected chi connectivity index (χ3v) is 4.08. The maximum Gasteiger partial charge on any atom is 0.0854 e. The van der Waals surface area contributed by atoms with Gasteiger partial charge >= 0.3 is 0 Å². The first-order valence-electron chi connectivity index (χ1n) is 7.58. The molecule has 0 bridgehead atoms. The van der Waals surface area contributed by atoms with Crippen LogP contribution in [-0.2, 0) is 6.54 Å². The highest BCUT2D eigenvalue weighted by molar-refractivity contribution is 5.95. The van der Waals surface area contributed by atoms with E-state index in [9.17, 15) is 0 Å². The molecule has 0 aliphatic carbocycles. The summed E-state index contributed by atoms with van der Waals surface area (Å²) in [5, 5.41) is 2.43. The lowest BCUT2D eigenvalue weighted by Crippen LogP contribution is -2.19. The molecule has 4 rings (SSSR count). The molecule has 1 aromatic heterocycles. The predicted molar refractivity (Wildman–Crippen MR) is 90.9 cm³/mol. The molecule has 3 aromatic rings. The number of aliphatic imine (C=N–C) groups is 1.